The maximum absolute atomic E-state index is 3.82. The van der Waals surface area contributed by atoms with Crippen LogP contribution in [0.25, 0.3) is 0 Å². The second-order valence-electron chi connectivity index (χ2n) is 6.27. The Balaban J connectivity index is 1.52. The van der Waals surface area contributed by atoms with Crippen molar-refractivity contribution >= 4 is 11.3 Å². The van der Waals surface area contributed by atoms with Crippen molar-refractivity contribution in [2.24, 2.45) is 5.92 Å². The Bertz CT molecular complexity index is 375. The molecule has 3 heteroatoms. The molecule has 1 aromatic heterocycles. The summed E-state index contributed by atoms with van der Waals surface area (Å²) in [5.74, 6) is 0.891. The quantitative estimate of drug-likeness (QED) is 0.884. The van der Waals surface area contributed by atoms with E-state index in [1.54, 1.807) is 0 Å². The van der Waals surface area contributed by atoms with E-state index in [4.69, 9.17) is 0 Å². The normalized spacial score (nSPS) is 32.6. The van der Waals surface area contributed by atoms with Crippen LogP contribution in [-0.2, 0) is 0 Å². The third-order valence-electron chi connectivity index (χ3n) is 5.14. The largest absolute Gasteiger partial charge is 0.309 e. The molecule has 19 heavy (non-hydrogen) atoms. The number of piperidine rings is 1. The highest BCUT2D eigenvalue weighted by molar-refractivity contribution is 7.10. The van der Waals surface area contributed by atoms with Gasteiger partial charge in [0.15, 0.2) is 0 Å². The van der Waals surface area contributed by atoms with E-state index in [1.807, 2.05) is 11.3 Å². The van der Waals surface area contributed by atoms with Crippen molar-refractivity contribution in [1.82, 2.24) is 10.2 Å². The molecule has 0 radical (unpaired) electrons. The molecule has 0 aliphatic carbocycles. The lowest BCUT2D eigenvalue weighted by atomic mass is 9.91. The summed E-state index contributed by atoms with van der Waals surface area (Å²) in [7, 11) is 2.33. The third-order valence-corrected chi connectivity index (χ3v) is 6.13. The Morgan fingerprint density at radius 2 is 2.11 bits per heavy atom. The van der Waals surface area contributed by atoms with Crippen LogP contribution in [0.5, 0.6) is 0 Å². The van der Waals surface area contributed by atoms with Gasteiger partial charge in [0.1, 0.15) is 0 Å². The molecule has 3 rings (SSSR count). The van der Waals surface area contributed by atoms with Crippen molar-refractivity contribution in [3.8, 4) is 0 Å². The van der Waals surface area contributed by atoms with Gasteiger partial charge in [0.25, 0.3) is 0 Å². The number of hydrogen-bond acceptors (Lipinski definition) is 3. The van der Waals surface area contributed by atoms with Gasteiger partial charge in [-0.3, -0.25) is 0 Å². The fraction of sp³-hybridized carbons (Fsp3) is 0.750. The van der Waals surface area contributed by atoms with Gasteiger partial charge in [0, 0.05) is 23.0 Å². The van der Waals surface area contributed by atoms with Gasteiger partial charge in [0.05, 0.1) is 0 Å². The van der Waals surface area contributed by atoms with E-state index in [0.29, 0.717) is 6.04 Å². The van der Waals surface area contributed by atoms with Crippen LogP contribution in [0.4, 0.5) is 0 Å². The van der Waals surface area contributed by atoms with Crippen LogP contribution in [-0.4, -0.2) is 30.6 Å². The van der Waals surface area contributed by atoms with Gasteiger partial charge in [0.2, 0.25) is 0 Å². The zero-order valence-corrected chi connectivity index (χ0v) is 13.0. The molecule has 2 bridgehead atoms. The van der Waals surface area contributed by atoms with Crippen molar-refractivity contribution < 1.29 is 0 Å². The molecule has 0 saturated carbocycles. The fourth-order valence-corrected chi connectivity index (χ4v) is 4.82. The Morgan fingerprint density at radius 1 is 1.37 bits per heavy atom. The maximum Gasteiger partial charge on any atom is 0.0412 e. The summed E-state index contributed by atoms with van der Waals surface area (Å²) in [5.41, 5.74) is 0. The van der Waals surface area contributed by atoms with Crippen molar-refractivity contribution in [1.29, 1.82) is 0 Å². The molecule has 2 aliphatic rings. The molecule has 0 aromatic carbocycles. The van der Waals surface area contributed by atoms with E-state index in [0.717, 1.165) is 18.0 Å². The zero-order valence-electron chi connectivity index (χ0n) is 12.1. The predicted molar refractivity (Wildman–Crippen MR) is 82.7 cm³/mol. The van der Waals surface area contributed by atoms with Crippen LogP contribution in [0.2, 0.25) is 0 Å². The molecule has 0 amide bonds. The molecule has 2 saturated heterocycles. The summed E-state index contributed by atoms with van der Waals surface area (Å²) < 4.78 is 0. The predicted octanol–water partition coefficient (Wildman–Crippen LogP) is 3.66. The minimum atomic E-state index is 0.567. The first-order valence-electron chi connectivity index (χ1n) is 7.76. The van der Waals surface area contributed by atoms with E-state index in [9.17, 15) is 0 Å². The molecule has 3 heterocycles. The first-order valence-corrected chi connectivity index (χ1v) is 8.64. The van der Waals surface area contributed by atoms with Gasteiger partial charge in [-0.2, -0.15) is 0 Å². The lowest BCUT2D eigenvalue weighted by Crippen LogP contribution is -2.42. The molecule has 3 unspecified atom stereocenters. The molecule has 1 N–H and O–H groups in total. The summed E-state index contributed by atoms with van der Waals surface area (Å²) in [4.78, 5) is 4.13. The van der Waals surface area contributed by atoms with E-state index in [1.165, 1.54) is 43.5 Å². The summed E-state index contributed by atoms with van der Waals surface area (Å²) in [6, 6.07) is 6.74. The second kappa shape index (κ2) is 5.94. The van der Waals surface area contributed by atoms with Crippen molar-refractivity contribution in [3.05, 3.63) is 22.4 Å². The van der Waals surface area contributed by atoms with Crippen molar-refractivity contribution in [2.75, 3.05) is 13.6 Å². The third kappa shape index (κ3) is 2.88. The lowest BCUT2D eigenvalue weighted by molar-refractivity contribution is 0.131. The van der Waals surface area contributed by atoms with Crippen LogP contribution < -0.4 is 5.32 Å². The molecule has 1 aromatic rings. The smallest absolute Gasteiger partial charge is 0.0412 e. The minimum absolute atomic E-state index is 0.567. The summed E-state index contributed by atoms with van der Waals surface area (Å²) in [5, 5.41) is 6.01. The molecular weight excluding hydrogens is 252 g/mol. The molecule has 3 atom stereocenters. The summed E-state index contributed by atoms with van der Waals surface area (Å²) >= 11 is 1.89. The van der Waals surface area contributed by atoms with Crippen molar-refractivity contribution in [2.45, 2.75) is 57.2 Å². The fourth-order valence-electron chi connectivity index (χ4n) is 3.94. The number of nitrogens with one attached hydrogen (secondary N) is 1. The average Bonchev–Trinajstić information content (AvgIpc) is 2.98. The standard InChI is InChI=1S/C16H26N2S/c1-3-15(16-5-4-8-19-16)17-11-12-9-13-6-7-14(10-12)18(13)2/h4-5,8,12-15,17H,3,6-7,9-11H2,1-2H3. The number of rotatable bonds is 5. The Kier molecular flexibility index (Phi) is 4.25. The Labute approximate surface area is 121 Å². The van der Waals surface area contributed by atoms with Crippen LogP contribution in [0.3, 0.4) is 0 Å². The van der Waals surface area contributed by atoms with Gasteiger partial charge >= 0.3 is 0 Å². The second-order valence-corrected chi connectivity index (χ2v) is 7.25. The summed E-state index contributed by atoms with van der Waals surface area (Å²) in [6.45, 7) is 3.49. The monoisotopic (exact) mass is 278 g/mol. The molecular formula is C16H26N2S. The van der Waals surface area contributed by atoms with E-state index in [-0.39, 0.29) is 0 Å². The van der Waals surface area contributed by atoms with Gasteiger partial charge in [-0.25, -0.2) is 0 Å². The van der Waals surface area contributed by atoms with Crippen LogP contribution in [0.15, 0.2) is 17.5 Å². The zero-order chi connectivity index (χ0) is 13.2. The number of fused-ring (bicyclic) bond motifs is 2. The van der Waals surface area contributed by atoms with Crippen LogP contribution in [0.1, 0.15) is 49.9 Å². The SMILES string of the molecule is CCC(NCC1CC2CCC(C1)N2C)c1cccs1. The maximum atomic E-state index is 3.82. The van der Waals surface area contributed by atoms with E-state index >= 15 is 0 Å². The van der Waals surface area contributed by atoms with Gasteiger partial charge in [-0.1, -0.05) is 13.0 Å². The number of nitrogens with zero attached hydrogens (tertiary/aromatic N) is 1. The molecule has 2 nitrogen and oxygen atoms in total. The van der Waals surface area contributed by atoms with E-state index in [2.05, 4.69) is 41.7 Å². The molecule has 106 valence electrons. The lowest BCUT2D eigenvalue weighted by Gasteiger charge is -2.37. The first kappa shape index (κ1) is 13.6. The molecule has 2 fully saturated rings. The first-order chi connectivity index (χ1) is 9.28. The average molecular weight is 278 g/mol. The van der Waals surface area contributed by atoms with Crippen LogP contribution >= 0.6 is 11.3 Å². The summed E-state index contributed by atoms with van der Waals surface area (Å²) in [6.07, 6.45) is 6.86. The molecule has 2 aliphatic heterocycles. The number of hydrogen-bond donors (Lipinski definition) is 1. The Morgan fingerprint density at radius 3 is 2.68 bits per heavy atom. The van der Waals surface area contributed by atoms with Gasteiger partial charge in [-0.15, -0.1) is 11.3 Å². The number of thiophene rings is 1. The van der Waals surface area contributed by atoms with Crippen molar-refractivity contribution in [3.63, 3.8) is 0 Å². The van der Waals surface area contributed by atoms with E-state index < -0.39 is 0 Å². The molecule has 0 spiro atoms. The van der Waals surface area contributed by atoms with Crippen LogP contribution in [0, 0.1) is 5.92 Å². The van der Waals surface area contributed by atoms with Gasteiger partial charge in [-0.05, 0) is 63.1 Å². The Hall–Kier alpha value is -0.380. The topological polar surface area (TPSA) is 15.3 Å². The minimum Gasteiger partial charge on any atom is -0.309 e. The highest BCUT2D eigenvalue weighted by atomic mass is 32.1. The van der Waals surface area contributed by atoms with Gasteiger partial charge < -0.3 is 10.2 Å². The highest BCUT2D eigenvalue weighted by Gasteiger charge is 2.38. The highest BCUT2D eigenvalue weighted by Crippen LogP contribution is 2.37.